The molecule has 0 radical (unpaired) electrons. The minimum absolute atomic E-state index is 0.0186. The number of carbonyl (C=O) groups is 1. The van der Waals surface area contributed by atoms with E-state index in [1.54, 1.807) is 31.1 Å². The zero-order valence-corrected chi connectivity index (χ0v) is 12.3. The molecule has 0 spiro atoms. The van der Waals surface area contributed by atoms with Crippen molar-refractivity contribution in [3.05, 3.63) is 29.8 Å². The molecule has 4 nitrogen and oxygen atoms in total. The first-order chi connectivity index (χ1) is 8.97. The van der Waals surface area contributed by atoms with Crippen LogP contribution in [0.5, 0.6) is 5.75 Å². The number of rotatable bonds is 6. The van der Waals surface area contributed by atoms with Crippen LogP contribution in [0.3, 0.4) is 0 Å². The van der Waals surface area contributed by atoms with Crippen molar-refractivity contribution in [2.75, 3.05) is 27.2 Å². The van der Waals surface area contributed by atoms with Gasteiger partial charge in [0, 0.05) is 25.7 Å². The third-order valence-electron chi connectivity index (χ3n) is 3.28. The Bertz CT molecular complexity index is 418. The maximum atomic E-state index is 11.9. The van der Waals surface area contributed by atoms with Crippen molar-refractivity contribution in [1.29, 1.82) is 0 Å². The van der Waals surface area contributed by atoms with Crippen molar-refractivity contribution < 1.29 is 9.90 Å². The number of benzene rings is 1. The van der Waals surface area contributed by atoms with Gasteiger partial charge in [0.15, 0.2) is 0 Å². The molecule has 0 aliphatic heterocycles. The Labute approximate surface area is 115 Å². The molecule has 0 saturated carbocycles. The van der Waals surface area contributed by atoms with Gasteiger partial charge < -0.3 is 10.0 Å². The van der Waals surface area contributed by atoms with Crippen LogP contribution in [0.1, 0.15) is 31.9 Å². The van der Waals surface area contributed by atoms with Gasteiger partial charge in [-0.2, -0.15) is 0 Å². The zero-order valence-electron chi connectivity index (χ0n) is 12.3. The number of phenolic OH excluding ortho intramolecular Hbond substituents is 1. The average Bonchev–Trinajstić information content (AvgIpc) is 2.37. The highest BCUT2D eigenvalue weighted by Gasteiger charge is 2.20. The van der Waals surface area contributed by atoms with Crippen molar-refractivity contribution in [2.24, 2.45) is 0 Å². The van der Waals surface area contributed by atoms with E-state index in [0.29, 0.717) is 6.54 Å². The van der Waals surface area contributed by atoms with E-state index >= 15 is 0 Å². The lowest BCUT2D eigenvalue weighted by Crippen LogP contribution is -2.38. The second-order valence-electron chi connectivity index (χ2n) is 4.99. The first-order valence-electron chi connectivity index (χ1n) is 6.69. The van der Waals surface area contributed by atoms with Crippen LogP contribution < -0.4 is 0 Å². The van der Waals surface area contributed by atoms with Crippen molar-refractivity contribution in [3.8, 4) is 5.75 Å². The number of aromatic hydroxyl groups is 1. The fourth-order valence-electron chi connectivity index (χ4n) is 2.05. The van der Waals surface area contributed by atoms with Crippen LogP contribution >= 0.6 is 0 Å². The van der Waals surface area contributed by atoms with Crippen molar-refractivity contribution in [3.63, 3.8) is 0 Å². The number of nitrogens with zero attached hydrogens (tertiary/aromatic N) is 2. The van der Waals surface area contributed by atoms with Crippen LogP contribution in [0.15, 0.2) is 24.3 Å². The van der Waals surface area contributed by atoms with Gasteiger partial charge in [-0.3, -0.25) is 9.69 Å². The van der Waals surface area contributed by atoms with E-state index < -0.39 is 0 Å². The van der Waals surface area contributed by atoms with E-state index in [4.69, 9.17) is 0 Å². The fourth-order valence-corrected chi connectivity index (χ4v) is 2.05. The summed E-state index contributed by atoms with van der Waals surface area (Å²) in [7, 11) is 3.52. The van der Waals surface area contributed by atoms with E-state index in [0.717, 1.165) is 18.5 Å². The van der Waals surface area contributed by atoms with Gasteiger partial charge in [0.1, 0.15) is 5.75 Å². The van der Waals surface area contributed by atoms with Crippen molar-refractivity contribution in [1.82, 2.24) is 9.80 Å². The summed E-state index contributed by atoms with van der Waals surface area (Å²) in [5, 5.41) is 9.92. The highest BCUT2D eigenvalue weighted by Crippen LogP contribution is 2.27. The molecular formula is C15H24N2O2. The van der Waals surface area contributed by atoms with E-state index in [-0.39, 0.29) is 17.7 Å². The lowest BCUT2D eigenvalue weighted by atomic mass is 10.1. The molecule has 1 rings (SSSR count). The Hall–Kier alpha value is -1.55. The topological polar surface area (TPSA) is 43.8 Å². The molecule has 1 amide bonds. The Morgan fingerprint density at radius 1 is 1.32 bits per heavy atom. The summed E-state index contributed by atoms with van der Waals surface area (Å²) in [6.07, 6.45) is 0.971. The molecule has 0 aliphatic rings. The molecule has 0 aliphatic carbocycles. The van der Waals surface area contributed by atoms with Crippen molar-refractivity contribution >= 4 is 5.91 Å². The standard InChI is InChI=1S/C15H24N2O2/c1-5-10-17(11-15(19)16(3)4)12(2)13-8-6-7-9-14(13)18/h6-9,12,18H,5,10-11H2,1-4H3. The maximum Gasteiger partial charge on any atom is 0.236 e. The van der Waals surface area contributed by atoms with Gasteiger partial charge in [-0.05, 0) is 26.0 Å². The lowest BCUT2D eigenvalue weighted by Gasteiger charge is -2.29. The molecule has 4 heteroatoms. The summed E-state index contributed by atoms with van der Waals surface area (Å²) in [4.78, 5) is 15.6. The first kappa shape index (κ1) is 15.5. The highest BCUT2D eigenvalue weighted by molar-refractivity contribution is 5.77. The summed E-state index contributed by atoms with van der Waals surface area (Å²) >= 11 is 0. The summed E-state index contributed by atoms with van der Waals surface area (Å²) in [6.45, 7) is 5.31. The van der Waals surface area contributed by atoms with Crippen LogP contribution in [0.2, 0.25) is 0 Å². The third-order valence-corrected chi connectivity index (χ3v) is 3.28. The molecule has 1 unspecified atom stereocenters. The van der Waals surface area contributed by atoms with Gasteiger partial charge in [-0.25, -0.2) is 0 Å². The van der Waals surface area contributed by atoms with Crippen LogP contribution in [0.25, 0.3) is 0 Å². The largest absolute Gasteiger partial charge is 0.508 e. The molecule has 1 N–H and O–H groups in total. The zero-order chi connectivity index (χ0) is 14.4. The number of hydrogen-bond acceptors (Lipinski definition) is 3. The average molecular weight is 264 g/mol. The van der Waals surface area contributed by atoms with E-state index in [1.165, 1.54) is 0 Å². The monoisotopic (exact) mass is 264 g/mol. The molecule has 0 fully saturated rings. The first-order valence-corrected chi connectivity index (χ1v) is 6.69. The molecular weight excluding hydrogens is 240 g/mol. The summed E-state index contributed by atoms with van der Waals surface area (Å²) < 4.78 is 0. The second-order valence-corrected chi connectivity index (χ2v) is 4.99. The van der Waals surface area contributed by atoms with Crippen LogP contribution in [0, 0.1) is 0 Å². The second kappa shape index (κ2) is 7.14. The molecule has 0 aromatic heterocycles. The Kier molecular flexibility index (Phi) is 5.83. The number of para-hydroxylation sites is 1. The van der Waals surface area contributed by atoms with Gasteiger partial charge in [0.25, 0.3) is 0 Å². The van der Waals surface area contributed by atoms with E-state index in [1.807, 2.05) is 19.1 Å². The normalized spacial score (nSPS) is 12.5. The quantitative estimate of drug-likeness (QED) is 0.857. The van der Waals surface area contributed by atoms with Gasteiger partial charge in [-0.15, -0.1) is 0 Å². The van der Waals surface area contributed by atoms with Crippen molar-refractivity contribution in [2.45, 2.75) is 26.3 Å². The molecule has 106 valence electrons. The highest BCUT2D eigenvalue weighted by atomic mass is 16.3. The summed E-state index contributed by atoms with van der Waals surface area (Å²) in [6, 6.07) is 7.32. The molecule has 0 bridgehead atoms. The van der Waals surface area contributed by atoms with Crippen LogP contribution in [0.4, 0.5) is 0 Å². The summed E-state index contributed by atoms with van der Waals surface area (Å²) in [5.41, 5.74) is 0.863. The van der Waals surface area contributed by atoms with Crippen LogP contribution in [-0.4, -0.2) is 48.0 Å². The molecule has 1 aromatic carbocycles. The number of likely N-dealkylation sites (N-methyl/N-ethyl adjacent to an activating group) is 1. The van der Waals surface area contributed by atoms with E-state index in [2.05, 4.69) is 11.8 Å². The molecule has 1 aromatic rings. The Morgan fingerprint density at radius 2 is 1.95 bits per heavy atom. The van der Waals surface area contributed by atoms with Crippen LogP contribution in [-0.2, 0) is 4.79 Å². The third kappa shape index (κ3) is 4.24. The summed E-state index contributed by atoms with van der Waals surface area (Å²) in [5.74, 6) is 0.365. The fraction of sp³-hybridized carbons (Fsp3) is 0.533. The smallest absolute Gasteiger partial charge is 0.236 e. The maximum absolute atomic E-state index is 11.9. The minimum Gasteiger partial charge on any atom is -0.508 e. The predicted molar refractivity (Wildman–Crippen MR) is 77.1 cm³/mol. The van der Waals surface area contributed by atoms with Gasteiger partial charge in [0.05, 0.1) is 6.54 Å². The van der Waals surface area contributed by atoms with Gasteiger partial charge in [0.2, 0.25) is 5.91 Å². The Balaban J connectivity index is 2.86. The van der Waals surface area contributed by atoms with Gasteiger partial charge >= 0.3 is 0 Å². The number of carbonyl (C=O) groups excluding carboxylic acids is 1. The SMILES string of the molecule is CCCN(CC(=O)N(C)C)C(C)c1ccccc1O. The Morgan fingerprint density at radius 3 is 2.47 bits per heavy atom. The number of amides is 1. The molecule has 1 atom stereocenters. The predicted octanol–water partition coefficient (Wildman–Crippen LogP) is 2.25. The van der Waals surface area contributed by atoms with Gasteiger partial charge in [-0.1, -0.05) is 25.1 Å². The minimum atomic E-state index is 0.0186. The number of hydrogen-bond donors (Lipinski definition) is 1. The lowest BCUT2D eigenvalue weighted by molar-refractivity contribution is -0.130. The molecule has 0 saturated heterocycles. The molecule has 0 heterocycles. The molecule has 19 heavy (non-hydrogen) atoms. The number of phenols is 1. The van der Waals surface area contributed by atoms with E-state index in [9.17, 15) is 9.90 Å².